The highest BCUT2D eigenvalue weighted by Crippen LogP contribution is 2.46. The predicted molar refractivity (Wildman–Crippen MR) is 78.6 cm³/mol. The largest absolute Gasteiger partial charge is 0.490 e. The number of carbonyl (C=O) groups is 2. The zero-order valence-electron chi connectivity index (χ0n) is 12.0. The maximum Gasteiger partial charge on any atom is 0.236 e. The third-order valence-corrected chi connectivity index (χ3v) is 4.54. The standard InChI is InChI=1S/C16H20N2O3/c17-12-5-1-2-6-13(12)21-10-9-18-14(19)11-16(15(18)20)7-3-4-8-16/h1-2,5-6H,3-4,7-11,17H2. The van der Waals surface area contributed by atoms with Gasteiger partial charge in [0.05, 0.1) is 17.6 Å². The van der Waals surface area contributed by atoms with Crippen LogP contribution in [0.2, 0.25) is 0 Å². The van der Waals surface area contributed by atoms with Crippen LogP contribution in [0.5, 0.6) is 5.75 Å². The van der Waals surface area contributed by atoms with Crippen LogP contribution in [0.25, 0.3) is 0 Å². The molecule has 2 fully saturated rings. The molecule has 0 aromatic heterocycles. The minimum Gasteiger partial charge on any atom is -0.490 e. The number of ether oxygens (including phenoxy) is 1. The molecule has 1 aliphatic carbocycles. The molecule has 5 nitrogen and oxygen atoms in total. The number of imide groups is 1. The second-order valence-electron chi connectivity index (χ2n) is 5.90. The number of amides is 2. The van der Waals surface area contributed by atoms with Crippen LogP contribution in [0.15, 0.2) is 24.3 Å². The molecule has 2 aliphatic rings. The molecule has 5 heteroatoms. The van der Waals surface area contributed by atoms with E-state index in [-0.39, 0.29) is 18.4 Å². The summed E-state index contributed by atoms with van der Waals surface area (Å²) in [4.78, 5) is 25.9. The number of carbonyl (C=O) groups excluding carboxylic acids is 2. The van der Waals surface area contributed by atoms with Crippen LogP contribution in [0.1, 0.15) is 32.1 Å². The number of para-hydroxylation sites is 2. The molecule has 1 saturated carbocycles. The van der Waals surface area contributed by atoms with E-state index in [1.165, 1.54) is 4.90 Å². The van der Waals surface area contributed by atoms with Gasteiger partial charge >= 0.3 is 0 Å². The van der Waals surface area contributed by atoms with Crippen LogP contribution in [-0.4, -0.2) is 29.9 Å². The zero-order valence-corrected chi connectivity index (χ0v) is 12.0. The van der Waals surface area contributed by atoms with Crippen LogP contribution in [-0.2, 0) is 9.59 Å². The first kappa shape index (κ1) is 13.9. The van der Waals surface area contributed by atoms with Gasteiger partial charge in [-0.05, 0) is 25.0 Å². The molecule has 1 saturated heterocycles. The maximum atomic E-state index is 12.5. The number of nitrogens with two attached hydrogens (primary N) is 1. The Morgan fingerprint density at radius 1 is 1.19 bits per heavy atom. The average molecular weight is 288 g/mol. The smallest absolute Gasteiger partial charge is 0.236 e. The van der Waals surface area contributed by atoms with Gasteiger partial charge < -0.3 is 10.5 Å². The van der Waals surface area contributed by atoms with Crippen molar-refractivity contribution < 1.29 is 14.3 Å². The van der Waals surface area contributed by atoms with E-state index < -0.39 is 5.41 Å². The molecule has 0 unspecified atom stereocenters. The van der Waals surface area contributed by atoms with Crippen molar-refractivity contribution in [3.63, 3.8) is 0 Å². The Labute approximate surface area is 124 Å². The summed E-state index contributed by atoms with van der Waals surface area (Å²) in [6, 6.07) is 7.21. The molecule has 0 bridgehead atoms. The normalized spacial score (nSPS) is 20.5. The minimum atomic E-state index is -0.400. The van der Waals surface area contributed by atoms with Gasteiger partial charge in [-0.15, -0.1) is 0 Å². The third-order valence-electron chi connectivity index (χ3n) is 4.54. The van der Waals surface area contributed by atoms with Crippen molar-refractivity contribution in [3.8, 4) is 5.75 Å². The van der Waals surface area contributed by atoms with E-state index in [2.05, 4.69) is 0 Å². The lowest BCUT2D eigenvalue weighted by Gasteiger charge is -2.21. The van der Waals surface area contributed by atoms with Crippen LogP contribution in [0.3, 0.4) is 0 Å². The topological polar surface area (TPSA) is 72.6 Å². The van der Waals surface area contributed by atoms with Crippen LogP contribution < -0.4 is 10.5 Å². The second kappa shape index (κ2) is 5.39. The molecule has 0 radical (unpaired) electrons. The Bertz CT molecular complexity index is 564. The lowest BCUT2D eigenvalue weighted by Crippen LogP contribution is -2.37. The number of likely N-dealkylation sites (tertiary alicyclic amines) is 1. The van der Waals surface area contributed by atoms with Crippen LogP contribution >= 0.6 is 0 Å². The van der Waals surface area contributed by atoms with Gasteiger partial charge in [-0.1, -0.05) is 25.0 Å². The molecule has 0 atom stereocenters. The first-order chi connectivity index (χ1) is 10.1. The van der Waals surface area contributed by atoms with Gasteiger partial charge in [0.1, 0.15) is 12.4 Å². The fourth-order valence-corrected chi connectivity index (χ4v) is 3.39. The molecule has 1 aromatic carbocycles. The monoisotopic (exact) mass is 288 g/mol. The molecule has 2 amide bonds. The van der Waals surface area contributed by atoms with Crippen LogP contribution in [0, 0.1) is 5.41 Å². The van der Waals surface area contributed by atoms with E-state index in [4.69, 9.17) is 10.5 Å². The minimum absolute atomic E-state index is 0.00497. The van der Waals surface area contributed by atoms with Crippen molar-refractivity contribution in [2.75, 3.05) is 18.9 Å². The average Bonchev–Trinajstić information content (AvgIpc) is 3.02. The van der Waals surface area contributed by atoms with Gasteiger partial charge in [0.15, 0.2) is 0 Å². The Morgan fingerprint density at radius 3 is 2.62 bits per heavy atom. The van der Waals surface area contributed by atoms with E-state index >= 15 is 0 Å². The highest BCUT2D eigenvalue weighted by molar-refractivity contribution is 6.06. The first-order valence-corrected chi connectivity index (χ1v) is 7.44. The number of nitrogens with zero attached hydrogens (tertiary/aromatic N) is 1. The van der Waals surface area contributed by atoms with Crippen molar-refractivity contribution >= 4 is 17.5 Å². The number of hydrogen-bond acceptors (Lipinski definition) is 4. The summed E-state index contributed by atoms with van der Waals surface area (Å²) < 4.78 is 5.58. The molecule has 1 heterocycles. The fraction of sp³-hybridized carbons (Fsp3) is 0.500. The third kappa shape index (κ3) is 2.48. The Balaban J connectivity index is 1.59. The summed E-state index contributed by atoms with van der Waals surface area (Å²) >= 11 is 0. The number of nitrogen functional groups attached to an aromatic ring is 1. The van der Waals surface area contributed by atoms with Gasteiger partial charge in [-0.2, -0.15) is 0 Å². The predicted octanol–water partition coefficient (Wildman–Crippen LogP) is 1.97. The molecule has 21 heavy (non-hydrogen) atoms. The maximum absolute atomic E-state index is 12.5. The van der Waals surface area contributed by atoms with E-state index in [1.807, 2.05) is 12.1 Å². The lowest BCUT2D eigenvalue weighted by atomic mass is 9.84. The van der Waals surface area contributed by atoms with Gasteiger partial charge in [-0.25, -0.2) is 0 Å². The Kier molecular flexibility index (Phi) is 3.57. The SMILES string of the molecule is Nc1ccccc1OCCN1C(=O)CC2(CCCC2)C1=O. The highest BCUT2D eigenvalue weighted by Gasteiger charge is 2.52. The number of hydrogen-bond donors (Lipinski definition) is 1. The van der Waals surface area contributed by atoms with Crippen molar-refractivity contribution in [2.24, 2.45) is 5.41 Å². The molecular weight excluding hydrogens is 268 g/mol. The summed E-state index contributed by atoms with van der Waals surface area (Å²) in [7, 11) is 0. The van der Waals surface area contributed by atoms with Crippen molar-refractivity contribution in [2.45, 2.75) is 32.1 Å². The lowest BCUT2D eigenvalue weighted by molar-refractivity contribution is -0.141. The molecule has 3 rings (SSSR count). The molecule has 1 spiro atoms. The molecular formula is C16H20N2O3. The Morgan fingerprint density at radius 2 is 1.90 bits per heavy atom. The van der Waals surface area contributed by atoms with Gasteiger partial charge in [0, 0.05) is 6.42 Å². The Hall–Kier alpha value is -2.04. The first-order valence-electron chi connectivity index (χ1n) is 7.44. The van der Waals surface area contributed by atoms with Gasteiger partial charge in [0.2, 0.25) is 11.8 Å². The van der Waals surface area contributed by atoms with Crippen molar-refractivity contribution in [1.29, 1.82) is 0 Å². The number of rotatable bonds is 4. The van der Waals surface area contributed by atoms with E-state index in [1.54, 1.807) is 12.1 Å². The quantitative estimate of drug-likeness (QED) is 0.679. The van der Waals surface area contributed by atoms with Gasteiger partial charge in [-0.3, -0.25) is 14.5 Å². The molecule has 1 aliphatic heterocycles. The molecule has 1 aromatic rings. The summed E-state index contributed by atoms with van der Waals surface area (Å²) in [5.41, 5.74) is 5.95. The number of benzene rings is 1. The second-order valence-corrected chi connectivity index (χ2v) is 5.90. The summed E-state index contributed by atoms with van der Waals surface area (Å²) in [5, 5.41) is 0. The summed E-state index contributed by atoms with van der Waals surface area (Å²) in [6.45, 7) is 0.579. The number of anilines is 1. The van der Waals surface area contributed by atoms with Crippen LogP contribution in [0.4, 0.5) is 5.69 Å². The van der Waals surface area contributed by atoms with E-state index in [0.717, 1.165) is 25.7 Å². The van der Waals surface area contributed by atoms with Gasteiger partial charge in [0.25, 0.3) is 0 Å². The summed E-state index contributed by atoms with van der Waals surface area (Å²) in [5.74, 6) is 0.522. The summed E-state index contributed by atoms with van der Waals surface area (Å²) in [6.07, 6.45) is 4.16. The molecule has 112 valence electrons. The highest BCUT2D eigenvalue weighted by atomic mass is 16.5. The van der Waals surface area contributed by atoms with Crippen molar-refractivity contribution in [1.82, 2.24) is 4.90 Å². The fourth-order valence-electron chi connectivity index (χ4n) is 3.39. The van der Waals surface area contributed by atoms with Crippen molar-refractivity contribution in [3.05, 3.63) is 24.3 Å². The zero-order chi connectivity index (χ0) is 14.9. The van der Waals surface area contributed by atoms with E-state index in [0.29, 0.717) is 24.4 Å². The van der Waals surface area contributed by atoms with E-state index in [9.17, 15) is 9.59 Å². The molecule has 2 N–H and O–H groups in total.